The topological polar surface area (TPSA) is 178 Å². The number of esters is 2. The maximum Gasteiger partial charge on any atom is 0.432 e. The van der Waals surface area contributed by atoms with Gasteiger partial charge in [0.25, 0.3) is 5.60 Å². The van der Waals surface area contributed by atoms with E-state index in [1.165, 1.54) is 44.4 Å². The number of rotatable bonds is 20. The average molecular weight is 805 g/mol. The number of amides is 4. The van der Waals surface area contributed by atoms with Gasteiger partial charge in [-0.15, -0.1) is 0 Å². The van der Waals surface area contributed by atoms with Gasteiger partial charge in [0.2, 0.25) is 23.6 Å². The number of methoxy groups -OCH3 is 2. The SMILES string of the molecule is CC[C@H](C)[C@H](NC(=O)[C@@H](C)NC(=O)[C@@H](NC(=O)C[C@H](/C=C/c1ccccc1)OC(=O)[C@](OC)(c1ccccc1)C(F)(F)F)C(C)C)C(=O)N[C@H](C(=O)OC)C(C)C. The number of nitrogens with one attached hydrogen (secondary N) is 4. The Morgan fingerprint density at radius 2 is 1.23 bits per heavy atom. The Balaban J connectivity index is 2.29. The molecule has 2 aromatic rings. The van der Waals surface area contributed by atoms with E-state index in [0.29, 0.717) is 12.0 Å². The van der Waals surface area contributed by atoms with Gasteiger partial charge in [0.05, 0.1) is 13.5 Å². The molecule has 0 fully saturated rings. The Kier molecular flexibility index (Phi) is 18.4. The summed E-state index contributed by atoms with van der Waals surface area (Å²) in [7, 11) is 1.92. The van der Waals surface area contributed by atoms with Gasteiger partial charge in [0.1, 0.15) is 30.3 Å². The Labute approximate surface area is 331 Å². The molecule has 314 valence electrons. The second-order valence-corrected chi connectivity index (χ2v) is 14.3. The molecule has 0 bridgehead atoms. The molecule has 4 amide bonds. The lowest BCUT2D eigenvalue weighted by Gasteiger charge is -2.33. The van der Waals surface area contributed by atoms with Gasteiger partial charge in [0, 0.05) is 12.7 Å². The van der Waals surface area contributed by atoms with Gasteiger partial charge in [-0.2, -0.15) is 13.2 Å². The first-order chi connectivity index (χ1) is 26.7. The number of halogens is 3. The van der Waals surface area contributed by atoms with Crippen LogP contribution in [0.2, 0.25) is 0 Å². The maximum absolute atomic E-state index is 14.6. The third-order valence-electron chi connectivity index (χ3n) is 9.35. The second kappa shape index (κ2) is 21.9. The lowest BCUT2D eigenvalue weighted by atomic mass is 9.92. The molecule has 13 nitrogen and oxygen atoms in total. The predicted molar refractivity (Wildman–Crippen MR) is 206 cm³/mol. The van der Waals surface area contributed by atoms with Crippen molar-refractivity contribution in [1.82, 2.24) is 21.3 Å². The van der Waals surface area contributed by atoms with Gasteiger partial charge in [0.15, 0.2) is 0 Å². The zero-order valence-corrected chi connectivity index (χ0v) is 33.8. The van der Waals surface area contributed by atoms with E-state index in [9.17, 15) is 41.9 Å². The second-order valence-electron chi connectivity index (χ2n) is 14.3. The van der Waals surface area contributed by atoms with Crippen LogP contribution >= 0.6 is 0 Å². The van der Waals surface area contributed by atoms with Crippen molar-refractivity contribution in [2.75, 3.05) is 14.2 Å². The summed E-state index contributed by atoms with van der Waals surface area (Å²) in [5.41, 5.74) is -3.46. The van der Waals surface area contributed by atoms with E-state index in [4.69, 9.17) is 14.2 Å². The van der Waals surface area contributed by atoms with Crippen LogP contribution in [0.3, 0.4) is 0 Å². The quantitative estimate of drug-likeness (QED) is 0.139. The molecule has 7 atom stereocenters. The molecule has 0 saturated carbocycles. The van der Waals surface area contributed by atoms with Crippen molar-refractivity contribution in [2.24, 2.45) is 17.8 Å². The summed E-state index contributed by atoms with van der Waals surface area (Å²) in [6, 6.07) is 10.3. The average Bonchev–Trinajstić information content (AvgIpc) is 3.16. The highest BCUT2D eigenvalue weighted by Gasteiger charge is 2.64. The summed E-state index contributed by atoms with van der Waals surface area (Å²) in [6.07, 6.45) is -4.31. The van der Waals surface area contributed by atoms with Crippen molar-refractivity contribution >= 4 is 41.6 Å². The molecule has 0 radical (unpaired) electrons. The summed E-state index contributed by atoms with van der Waals surface area (Å²) in [5, 5.41) is 10.4. The predicted octanol–water partition coefficient (Wildman–Crippen LogP) is 4.60. The van der Waals surface area contributed by atoms with Gasteiger partial charge in [-0.05, 0) is 36.3 Å². The molecule has 2 rings (SSSR count). The first-order valence-corrected chi connectivity index (χ1v) is 18.6. The van der Waals surface area contributed by atoms with E-state index in [1.807, 2.05) is 6.92 Å². The van der Waals surface area contributed by atoms with Crippen LogP contribution in [0, 0.1) is 17.8 Å². The third kappa shape index (κ3) is 13.2. The maximum atomic E-state index is 14.6. The monoisotopic (exact) mass is 804 g/mol. The largest absolute Gasteiger partial charge is 0.467 e. The minimum absolute atomic E-state index is 0.314. The van der Waals surface area contributed by atoms with E-state index in [2.05, 4.69) is 21.3 Å². The van der Waals surface area contributed by atoms with E-state index < -0.39 is 95.5 Å². The minimum atomic E-state index is -5.27. The Hall–Kier alpha value is -5.25. The molecule has 0 aromatic heterocycles. The molecular weight excluding hydrogens is 749 g/mol. The Morgan fingerprint density at radius 3 is 1.72 bits per heavy atom. The molecule has 0 unspecified atom stereocenters. The molecule has 57 heavy (non-hydrogen) atoms. The van der Waals surface area contributed by atoms with Crippen molar-refractivity contribution < 1.29 is 56.1 Å². The number of carbonyl (C=O) groups is 6. The van der Waals surface area contributed by atoms with Gasteiger partial charge in [-0.25, -0.2) is 9.59 Å². The van der Waals surface area contributed by atoms with E-state index in [-0.39, 0.29) is 11.8 Å². The fourth-order valence-corrected chi connectivity index (χ4v) is 5.71. The van der Waals surface area contributed by atoms with Crippen molar-refractivity contribution in [1.29, 1.82) is 0 Å². The molecule has 0 aliphatic heterocycles. The fraction of sp³-hybridized carbons (Fsp3) is 0.512. The first kappa shape index (κ1) is 47.9. The number of hydrogen-bond donors (Lipinski definition) is 4. The summed E-state index contributed by atoms with van der Waals surface area (Å²) < 4.78 is 58.9. The molecule has 0 heterocycles. The fourth-order valence-electron chi connectivity index (χ4n) is 5.71. The number of ether oxygens (including phenoxy) is 3. The highest BCUT2D eigenvalue weighted by atomic mass is 19.4. The van der Waals surface area contributed by atoms with Gasteiger partial charge in [-0.3, -0.25) is 19.2 Å². The van der Waals surface area contributed by atoms with Crippen molar-refractivity contribution in [3.05, 3.63) is 77.9 Å². The zero-order valence-electron chi connectivity index (χ0n) is 33.8. The number of hydrogen-bond acceptors (Lipinski definition) is 9. The summed E-state index contributed by atoms with van der Waals surface area (Å²) in [5.74, 6) is -6.68. The summed E-state index contributed by atoms with van der Waals surface area (Å²) in [6.45, 7) is 11.6. The highest BCUT2D eigenvalue weighted by Crippen LogP contribution is 2.43. The zero-order chi connectivity index (χ0) is 43.1. The smallest absolute Gasteiger partial charge is 0.432 e. The molecule has 0 aliphatic rings. The molecule has 0 aliphatic carbocycles. The van der Waals surface area contributed by atoms with Crippen LogP contribution in [-0.4, -0.2) is 86.2 Å². The summed E-state index contributed by atoms with van der Waals surface area (Å²) in [4.78, 5) is 79.4. The van der Waals surface area contributed by atoms with Crippen molar-refractivity contribution in [2.45, 2.75) is 103 Å². The summed E-state index contributed by atoms with van der Waals surface area (Å²) >= 11 is 0. The van der Waals surface area contributed by atoms with Crippen molar-refractivity contribution in [3.63, 3.8) is 0 Å². The molecule has 0 spiro atoms. The Morgan fingerprint density at radius 1 is 0.702 bits per heavy atom. The van der Waals surface area contributed by atoms with Crippen LogP contribution in [0.5, 0.6) is 0 Å². The van der Waals surface area contributed by atoms with Gasteiger partial charge < -0.3 is 35.5 Å². The normalized spacial score (nSPS) is 16.0. The van der Waals surface area contributed by atoms with E-state index >= 15 is 0 Å². The van der Waals surface area contributed by atoms with E-state index in [0.717, 1.165) is 19.2 Å². The van der Waals surface area contributed by atoms with Gasteiger partial charge in [-0.1, -0.05) is 115 Å². The first-order valence-electron chi connectivity index (χ1n) is 18.6. The molecule has 4 N–H and O–H groups in total. The lowest BCUT2D eigenvalue weighted by Crippen LogP contribution is -2.59. The van der Waals surface area contributed by atoms with Gasteiger partial charge >= 0.3 is 18.1 Å². The van der Waals surface area contributed by atoms with Crippen LogP contribution < -0.4 is 21.3 Å². The number of carbonyl (C=O) groups excluding carboxylic acids is 6. The minimum Gasteiger partial charge on any atom is -0.467 e. The van der Waals surface area contributed by atoms with Crippen LogP contribution in [0.25, 0.3) is 6.08 Å². The Bertz CT molecular complexity index is 1690. The molecule has 16 heteroatoms. The molecular formula is C41H55F3N4O9. The lowest BCUT2D eigenvalue weighted by molar-refractivity contribution is -0.277. The van der Waals surface area contributed by atoms with E-state index in [1.54, 1.807) is 65.0 Å². The number of benzene rings is 2. The van der Waals surface area contributed by atoms with Crippen LogP contribution in [-0.2, 0) is 48.6 Å². The van der Waals surface area contributed by atoms with Crippen LogP contribution in [0.1, 0.15) is 72.4 Å². The number of alkyl halides is 3. The van der Waals surface area contributed by atoms with Crippen LogP contribution in [0.4, 0.5) is 13.2 Å². The highest BCUT2D eigenvalue weighted by molar-refractivity contribution is 5.95. The van der Waals surface area contributed by atoms with Crippen molar-refractivity contribution in [3.8, 4) is 0 Å². The standard InChI is InChI=1S/C41H55F3N4O9/c1-10-26(6)34(37(52)47-33(25(4)5)38(53)55-8)48-35(50)27(7)45-36(51)32(24(2)3)46-31(49)23-30(22-21-28-17-13-11-14-18-28)57-39(54)40(56-9,41(42,43)44)29-19-15-12-16-20-29/h11-22,24-27,30,32-34H,10,23H2,1-9H3,(H,45,51)(H,46,49)(H,47,52)(H,48,50)/b22-21+/t26-,27+,30-,32-,33-,34-,40+/m0/s1. The van der Waals surface area contributed by atoms with Crippen LogP contribution in [0.15, 0.2) is 66.7 Å². The molecule has 0 saturated heterocycles. The third-order valence-corrected chi connectivity index (χ3v) is 9.35. The molecule has 2 aromatic carbocycles.